The molecule has 7 nitrogen and oxygen atoms in total. The SMILES string of the molecule is CCC(CCC(C)C1CCC2C3CC=C4CC(OC(=O)C(O)C(O)C(O)C(O)CO)CCC4(C)C3CCC12C)C(C)C. The Kier molecular flexibility index (Phi) is 10.9. The normalized spacial score (nSPS) is 38.8. The van der Waals surface area contributed by atoms with Gasteiger partial charge in [-0.25, -0.2) is 4.79 Å². The summed E-state index contributed by atoms with van der Waals surface area (Å²) in [5.74, 6) is 4.33. The van der Waals surface area contributed by atoms with E-state index in [9.17, 15) is 25.2 Å². The number of carbonyl (C=O) groups excluding carboxylic acids is 1. The van der Waals surface area contributed by atoms with Crippen LogP contribution in [0.15, 0.2) is 11.6 Å². The monoisotopic (exact) mass is 592 g/mol. The summed E-state index contributed by atoms with van der Waals surface area (Å²) >= 11 is 0. The van der Waals surface area contributed by atoms with Gasteiger partial charge in [0.25, 0.3) is 0 Å². The molecule has 7 heteroatoms. The molecule has 0 spiro atoms. The van der Waals surface area contributed by atoms with Crippen LogP contribution in [-0.4, -0.2) is 68.6 Å². The van der Waals surface area contributed by atoms with Crippen LogP contribution in [-0.2, 0) is 9.53 Å². The summed E-state index contributed by atoms with van der Waals surface area (Å²) in [6, 6.07) is 0. The Morgan fingerprint density at radius 2 is 1.69 bits per heavy atom. The van der Waals surface area contributed by atoms with Gasteiger partial charge in [-0.2, -0.15) is 0 Å². The lowest BCUT2D eigenvalue weighted by Crippen LogP contribution is -2.52. The number of hydrogen-bond donors (Lipinski definition) is 5. The van der Waals surface area contributed by atoms with Gasteiger partial charge >= 0.3 is 5.97 Å². The first-order valence-corrected chi connectivity index (χ1v) is 17.0. The average molecular weight is 593 g/mol. The van der Waals surface area contributed by atoms with E-state index in [2.05, 4.69) is 47.6 Å². The summed E-state index contributed by atoms with van der Waals surface area (Å²) in [6.45, 7) is 13.9. The van der Waals surface area contributed by atoms with Crippen molar-refractivity contribution in [2.75, 3.05) is 6.61 Å². The van der Waals surface area contributed by atoms with Crippen molar-refractivity contribution >= 4 is 5.97 Å². The van der Waals surface area contributed by atoms with Crippen LogP contribution in [0.25, 0.3) is 0 Å². The van der Waals surface area contributed by atoms with Crippen molar-refractivity contribution in [2.45, 2.75) is 143 Å². The summed E-state index contributed by atoms with van der Waals surface area (Å²) in [7, 11) is 0. The number of hydrogen-bond acceptors (Lipinski definition) is 7. The van der Waals surface area contributed by atoms with Crippen LogP contribution in [0.2, 0.25) is 0 Å². The predicted octanol–water partition coefficient (Wildman–Crippen LogP) is 5.01. The molecule has 13 atom stereocenters. The molecule has 4 aliphatic rings. The fraction of sp³-hybridized carbons (Fsp3) is 0.914. The van der Waals surface area contributed by atoms with E-state index < -0.39 is 43.1 Å². The van der Waals surface area contributed by atoms with Gasteiger partial charge in [-0.3, -0.25) is 0 Å². The molecule has 0 radical (unpaired) electrons. The van der Waals surface area contributed by atoms with E-state index in [1.54, 1.807) is 0 Å². The zero-order valence-electron chi connectivity index (χ0n) is 27.0. The van der Waals surface area contributed by atoms with E-state index in [1.807, 2.05) is 0 Å². The summed E-state index contributed by atoms with van der Waals surface area (Å²) in [4.78, 5) is 12.6. The van der Waals surface area contributed by atoms with Gasteiger partial charge < -0.3 is 30.3 Å². The highest BCUT2D eigenvalue weighted by molar-refractivity contribution is 5.75. The quantitative estimate of drug-likeness (QED) is 0.159. The van der Waals surface area contributed by atoms with E-state index in [4.69, 9.17) is 9.84 Å². The molecule has 42 heavy (non-hydrogen) atoms. The summed E-state index contributed by atoms with van der Waals surface area (Å²) in [5.41, 5.74) is 1.89. The van der Waals surface area contributed by atoms with Gasteiger partial charge in [0.15, 0.2) is 6.10 Å². The molecule has 5 N–H and O–H groups in total. The standard InChI is InChI=1S/C35H60O7/c1-7-22(20(2)3)9-8-21(4)26-12-13-27-25-11-10-23-18-24(14-16-34(23,5)28(25)15-17-35(26,27)6)42-33(41)32(40)31(39)30(38)29(37)19-36/h10,20-22,24-32,36-40H,7-9,11-19H2,1-6H3. The molecule has 0 aromatic heterocycles. The number of aliphatic hydroxyl groups is 5. The van der Waals surface area contributed by atoms with Gasteiger partial charge in [-0.1, -0.05) is 66.0 Å². The van der Waals surface area contributed by atoms with Gasteiger partial charge in [-0.15, -0.1) is 0 Å². The molecule has 4 rings (SSSR count). The van der Waals surface area contributed by atoms with Gasteiger partial charge in [0.1, 0.15) is 24.4 Å². The summed E-state index contributed by atoms with van der Waals surface area (Å²) in [6.07, 6.45) is 7.23. The van der Waals surface area contributed by atoms with Crippen molar-refractivity contribution in [1.29, 1.82) is 0 Å². The van der Waals surface area contributed by atoms with Crippen LogP contribution in [0, 0.1) is 52.3 Å². The second kappa shape index (κ2) is 13.6. The number of fused-ring (bicyclic) bond motifs is 5. The molecule has 4 aliphatic carbocycles. The Morgan fingerprint density at radius 3 is 2.33 bits per heavy atom. The second-order valence-electron chi connectivity index (χ2n) is 15.4. The Hall–Kier alpha value is -0.990. The minimum atomic E-state index is -1.99. The molecular weight excluding hydrogens is 532 g/mol. The third-order valence-electron chi connectivity index (χ3n) is 13.1. The first-order valence-electron chi connectivity index (χ1n) is 17.0. The predicted molar refractivity (Wildman–Crippen MR) is 163 cm³/mol. The summed E-state index contributed by atoms with van der Waals surface area (Å²) < 4.78 is 5.61. The first-order chi connectivity index (χ1) is 19.8. The molecule has 0 amide bonds. The number of carbonyl (C=O) groups is 1. The number of allylic oxidation sites excluding steroid dienone is 1. The molecule has 0 saturated heterocycles. The van der Waals surface area contributed by atoms with Crippen LogP contribution < -0.4 is 0 Å². The third-order valence-corrected chi connectivity index (χ3v) is 13.1. The van der Waals surface area contributed by atoms with E-state index in [0.717, 1.165) is 42.4 Å². The van der Waals surface area contributed by atoms with Crippen LogP contribution >= 0.6 is 0 Å². The molecule has 0 heterocycles. The van der Waals surface area contributed by atoms with Crippen LogP contribution in [0.4, 0.5) is 0 Å². The lowest BCUT2D eigenvalue weighted by molar-refractivity contribution is -0.177. The molecule has 0 aromatic rings. The highest BCUT2D eigenvalue weighted by atomic mass is 16.6. The molecule has 0 aromatic carbocycles. The van der Waals surface area contributed by atoms with E-state index in [1.165, 1.54) is 50.5 Å². The minimum Gasteiger partial charge on any atom is -0.460 e. The van der Waals surface area contributed by atoms with E-state index in [-0.39, 0.29) is 5.41 Å². The highest BCUT2D eigenvalue weighted by Crippen LogP contribution is 2.67. The maximum absolute atomic E-state index is 12.6. The van der Waals surface area contributed by atoms with Crippen molar-refractivity contribution in [1.82, 2.24) is 0 Å². The average Bonchev–Trinajstić information content (AvgIpc) is 3.33. The first kappa shape index (κ1) is 33.9. The second-order valence-corrected chi connectivity index (χ2v) is 15.4. The third kappa shape index (κ3) is 6.38. The minimum absolute atomic E-state index is 0.0992. The van der Waals surface area contributed by atoms with Gasteiger partial charge in [0.2, 0.25) is 0 Å². The van der Waals surface area contributed by atoms with Crippen molar-refractivity contribution in [3.8, 4) is 0 Å². The van der Waals surface area contributed by atoms with Gasteiger partial charge in [0.05, 0.1) is 6.61 Å². The Morgan fingerprint density at radius 1 is 0.976 bits per heavy atom. The highest BCUT2D eigenvalue weighted by Gasteiger charge is 2.59. The molecule has 3 saturated carbocycles. The fourth-order valence-electron chi connectivity index (χ4n) is 10.3. The van der Waals surface area contributed by atoms with Crippen LogP contribution in [0.5, 0.6) is 0 Å². The van der Waals surface area contributed by atoms with Crippen LogP contribution in [0.3, 0.4) is 0 Å². The maximum atomic E-state index is 12.6. The lowest BCUT2D eigenvalue weighted by atomic mass is 9.47. The number of ether oxygens (including phenoxy) is 1. The van der Waals surface area contributed by atoms with E-state index >= 15 is 0 Å². The van der Waals surface area contributed by atoms with Gasteiger partial charge in [-0.05, 0) is 104 Å². The molecular formula is C35H60O7. The smallest absolute Gasteiger partial charge is 0.338 e. The largest absolute Gasteiger partial charge is 0.460 e. The summed E-state index contributed by atoms with van der Waals surface area (Å²) in [5, 5.41) is 48.8. The van der Waals surface area contributed by atoms with Crippen molar-refractivity contribution in [3.05, 3.63) is 11.6 Å². The topological polar surface area (TPSA) is 127 Å². The Balaban J connectivity index is 1.39. The maximum Gasteiger partial charge on any atom is 0.338 e. The number of rotatable bonds is 12. The van der Waals surface area contributed by atoms with Crippen molar-refractivity contribution < 1.29 is 35.1 Å². The van der Waals surface area contributed by atoms with Crippen molar-refractivity contribution in [3.63, 3.8) is 0 Å². The Labute approximate surface area is 254 Å². The molecule has 0 aliphatic heterocycles. The number of aliphatic hydroxyl groups excluding tert-OH is 5. The van der Waals surface area contributed by atoms with Crippen molar-refractivity contribution in [2.24, 2.45) is 52.3 Å². The fourth-order valence-corrected chi connectivity index (χ4v) is 10.3. The molecule has 242 valence electrons. The molecule has 13 unspecified atom stereocenters. The van der Waals surface area contributed by atoms with E-state index in [0.29, 0.717) is 30.1 Å². The zero-order chi connectivity index (χ0) is 31.0. The van der Waals surface area contributed by atoms with Crippen LogP contribution in [0.1, 0.15) is 112 Å². The Bertz CT molecular complexity index is 950. The molecule has 0 bridgehead atoms. The zero-order valence-corrected chi connectivity index (χ0v) is 27.0. The lowest BCUT2D eigenvalue weighted by Gasteiger charge is -2.58. The number of esters is 1. The van der Waals surface area contributed by atoms with Gasteiger partial charge in [0, 0.05) is 6.42 Å². The molecule has 3 fully saturated rings.